The molecule has 0 bridgehead atoms. The third-order valence-electron chi connectivity index (χ3n) is 7.77. The molecule has 3 amide bonds. The highest BCUT2D eigenvalue weighted by molar-refractivity contribution is 6.06. The van der Waals surface area contributed by atoms with Crippen LogP contribution >= 0.6 is 0 Å². The maximum Gasteiger partial charge on any atom is 0.418 e. The van der Waals surface area contributed by atoms with Crippen molar-refractivity contribution in [3.05, 3.63) is 82.9 Å². The minimum Gasteiger partial charge on any atom is -0.491 e. The summed E-state index contributed by atoms with van der Waals surface area (Å²) >= 11 is 0. The van der Waals surface area contributed by atoms with Crippen LogP contribution in [0.3, 0.4) is 0 Å². The summed E-state index contributed by atoms with van der Waals surface area (Å²) in [5.74, 6) is -2.26. The van der Waals surface area contributed by atoms with Crippen molar-refractivity contribution in [1.82, 2.24) is 14.8 Å². The minimum absolute atomic E-state index is 0.0785. The Balaban J connectivity index is 1.39. The van der Waals surface area contributed by atoms with E-state index in [9.17, 15) is 37.2 Å². The van der Waals surface area contributed by atoms with Gasteiger partial charge in [-0.2, -0.15) is 18.4 Å². The van der Waals surface area contributed by atoms with Gasteiger partial charge >= 0.3 is 12.3 Å². The monoisotopic (exact) mass is 610 g/mol. The number of fused-ring (bicyclic) bond motifs is 2. The number of hydrogen-bond donors (Lipinski definition) is 0. The van der Waals surface area contributed by atoms with Gasteiger partial charge < -0.3 is 14.4 Å². The van der Waals surface area contributed by atoms with Gasteiger partial charge in [-0.05, 0) is 55.2 Å². The van der Waals surface area contributed by atoms with Gasteiger partial charge in [-0.25, -0.2) is 19.1 Å². The number of nitrogens with zero attached hydrogens (tertiary/aromatic N) is 4. The van der Waals surface area contributed by atoms with Gasteiger partial charge in [0.25, 0.3) is 5.91 Å². The number of benzene rings is 2. The lowest BCUT2D eigenvalue weighted by molar-refractivity contribution is -0.187. The Kier molecular flexibility index (Phi) is 8.03. The van der Waals surface area contributed by atoms with E-state index in [1.54, 1.807) is 31.2 Å². The molecule has 0 saturated carbocycles. The van der Waals surface area contributed by atoms with Crippen LogP contribution in [0.25, 0.3) is 11.1 Å². The molecule has 228 valence electrons. The van der Waals surface area contributed by atoms with Crippen molar-refractivity contribution in [2.75, 3.05) is 13.2 Å². The predicted octanol–water partition coefficient (Wildman–Crippen LogP) is 5.26. The zero-order valence-electron chi connectivity index (χ0n) is 23.7. The fraction of sp³-hybridized carbons (Fsp3) is 0.323. The molecule has 9 nitrogen and oxygen atoms in total. The van der Waals surface area contributed by atoms with Crippen LogP contribution in [0.15, 0.2) is 54.7 Å². The number of pyridine rings is 1. The quantitative estimate of drug-likeness (QED) is 0.320. The number of halogens is 4. The first-order chi connectivity index (χ1) is 20.9. The highest BCUT2D eigenvalue weighted by Gasteiger charge is 2.58. The van der Waals surface area contributed by atoms with E-state index in [4.69, 9.17) is 9.47 Å². The van der Waals surface area contributed by atoms with Crippen molar-refractivity contribution in [3.63, 3.8) is 0 Å². The Morgan fingerprint density at radius 3 is 2.57 bits per heavy atom. The number of imide groups is 1. The zero-order chi connectivity index (χ0) is 31.8. The van der Waals surface area contributed by atoms with Gasteiger partial charge in [-0.3, -0.25) is 9.59 Å². The van der Waals surface area contributed by atoms with Gasteiger partial charge in [0, 0.05) is 30.3 Å². The SMILES string of the molecule is CCOc1cc(-c2ccc3c(c2)CC[C@@]32OC(=O)N(CC(=O)N(Cc3ccc(F)cc3)C(C)C(F)(F)F)C2=O)cnc1C#N. The Bertz CT molecular complexity index is 1670. The second-order valence-electron chi connectivity index (χ2n) is 10.4. The number of aryl methyl sites for hydroxylation is 1. The molecular weight excluding hydrogens is 584 g/mol. The van der Waals surface area contributed by atoms with Gasteiger partial charge in [-0.15, -0.1) is 0 Å². The van der Waals surface area contributed by atoms with Crippen LogP contribution in [0.5, 0.6) is 5.75 Å². The van der Waals surface area contributed by atoms with Crippen LogP contribution in [0.2, 0.25) is 0 Å². The molecule has 1 saturated heterocycles. The molecule has 1 aromatic heterocycles. The van der Waals surface area contributed by atoms with Crippen LogP contribution in [0.1, 0.15) is 42.7 Å². The summed E-state index contributed by atoms with van der Waals surface area (Å²) in [5.41, 5.74) is 1.11. The van der Waals surface area contributed by atoms with E-state index < -0.39 is 54.6 Å². The molecule has 2 heterocycles. The molecular formula is C31H26F4N4O5. The summed E-state index contributed by atoms with van der Waals surface area (Å²) in [7, 11) is 0. The van der Waals surface area contributed by atoms with E-state index in [0.29, 0.717) is 50.8 Å². The van der Waals surface area contributed by atoms with Gasteiger partial charge in [0.1, 0.15) is 24.5 Å². The van der Waals surface area contributed by atoms with Crippen molar-refractivity contribution in [3.8, 4) is 22.9 Å². The molecule has 2 atom stereocenters. The first-order valence-electron chi connectivity index (χ1n) is 13.7. The maximum atomic E-state index is 13.7. The van der Waals surface area contributed by atoms with Crippen molar-refractivity contribution < 1.29 is 41.4 Å². The summed E-state index contributed by atoms with van der Waals surface area (Å²) in [6.45, 7) is 1.41. The van der Waals surface area contributed by atoms with Crippen molar-refractivity contribution in [2.24, 2.45) is 0 Å². The highest BCUT2D eigenvalue weighted by Crippen LogP contribution is 2.46. The second-order valence-corrected chi connectivity index (χ2v) is 10.4. The average Bonchev–Trinajstić information content (AvgIpc) is 3.47. The van der Waals surface area contributed by atoms with Crippen LogP contribution in [0.4, 0.5) is 22.4 Å². The molecule has 44 heavy (non-hydrogen) atoms. The fourth-order valence-corrected chi connectivity index (χ4v) is 5.42. The minimum atomic E-state index is -4.80. The molecule has 1 unspecified atom stereocenters. The molecule has 0 N–H and O–H groups in total. The van der Waals surface area contributed by atoms with Crippen LogP contribution < -0.4 is 4.74 Å². The Morgan fingerprint density at radius 2 is 1.91 bits per heavy atom. The average molecular weight is 611 g/mol. The Labute approximate surface area is 249 Å². The molecule has 0 radical (unpaired) electrons. The Morgan fingerprint density at radius 1 is 1.18 bits per heavy atom. The lowest BCUT2D eigenvalue weighted by Gasteiger charge is -2.31. The van der Waals surface area contributed by atoms with Gasteiger partial charge in [0.2, 0.25) is 11.5 Å². The van der Waals surface area contributed by atoms with Gasteiger partial charge in [-0.1, -0.05) is 30.3 Å². The number of alkyl halides is 3. The number of rotatable bonds is 8. The number of carbonyl (C=O) groups is 3. The van der Waals surface area contributed by atoms with Crippen LogP contribution in [0, 0.1) is 17.1 Å². The number of ether oxygens (including phenoxy) is 2. The summed E-state index contributed by atoms with van der Waals surface area (Å²) < 4.78 is 65.5. The molecule has 1 aliphatic carbocycles. The molecule has 5 rings (SSSR count). The summed E-state index contributed by atoms with van der Waals surface area (Å²) in [6, 6.07) is 11.1. The smallest absolute Gasteiger partial charge is 0.418 e. The summed E-state index contributed by atoms with van der Waals surface area (Å²) in [5, 5.41) is 9.29. The third kappa shape index (κ3) is 5.55. The molecule has 1 fully saturated rings. The summed E-state index contributed by atoms with van der Waals surface area (Å²) in [4.78, 5) is 45.0. The summed E-state index contributed by atoms with van der Waals surface area (Å²) in [6.07, 6.45) is -4.01. The maximum absolute atomic E-state index is 13.7. The van der Waals surface area contributed by atoms with Crippen molar-refractivity contribution in [2.45, 2.75) is 51.1 Å². The van der Waals surface area contributed by atoms with Gasteiger partial charge in [0.15, 0.2) is 11.4 Å². The number of hydrogen-bond acceptors (Lipinski definition) is 7. The normalized spacial score (nSPS) is 18.2. The lowest BCUT2D eigenvalue weighted by atomic mass is 9.93. The van der Waals surface area contributed by atoms with Gasteiger partial charge in [0.05, 0.1) is 6.61 Å². The van der Waals surface area contributed by atoms with E-state index >= 15 is 0 Å². The third-order valence-corrected chi connectivity index (χ3v) is 7.77. The van der Waals surface area contributed by atoms with E-state index in [2.05, 4.69) is 4.98 Å². The predicted molar refractivity (Wildman–Crippen MR) is 146 cm³/mol. The first kappa shape index (κ1) is 30.5. The zero-order valence-corrected chi connectivity index (χ0v) is 23.7. The highest BCUT2D eigenvalue weighted by atomic mass is 19.4. The largest absolute Gasteiger partial charge is 0.491 e. The molecule has 1 spiro atoms. The molecule has 3 aromatic rings. The molecule has 2 aromatic carbocycles. The van der Waals surface area contributed by atoms with E-state index in [0.717, 1.165) is 19.1 Å². The standard InChI is InChI=1S/C31H26F4N4O5/c1-3-43-26-13-22(15-37-25(26)14-36)20-6-9-24-21(12-20)10-11-30(24)28(41)39(29(42)44-30)17-27(40)38(18(2)31(33,34)35)16-19-4-7-23(32)8-5-19/h4-9,12-13,15,18H,3,10-11,16-17H2,1-2H3/t18?,30-/m1/s1. The van der Waals surface area contributed by atoms with Crippen LogP contribution in [-0.4, -0.2) is 58.1 Å². The van der Waals surface area contributed by atoms with E-state index in [-0.39, 0.29) is 17.7 Å². The topological polar surface area (TPSA) is 113 Å². The van der Waals surface area contributed by atoms with E-state index in [1.807, 2.05) is 6.07 Å². The number of carbonyl (C=O) groups excluding carboxylic acids is 3. The van der Waals surface area contributed by atoms with Crippen molar-refractivity contribution in [1.29, 1.82) is 5.26 Å². The number of aromatic nitrogens is 1. The number of nitriles is 1. The second kappa shape index (κ2) is 11.6. The number of amides is 3. The van der Waals surface area contributed by atoms with Crippen LogP contribution in [-0.2, 0) is 32.9 Å². The van der Waals surface area contributed by atoms with Crippen molar-refractivity contribution >= 4 is 17.9 Å². The fourth-order valence-electron chi connectivity index (χ4n) is 5.42. The molecule has 1 aliphatic heterocycles. The molecule has 13 heteroatoms. The molecule has 2 aliphatic rings. The van der Waals surface area contributed by atoms with E-state index in [1.165, 1.54) is 18.3 Å². The first-order valence-corrected chi connectivity index (χ1v) is 13.7. The lowest BCUT2D eigenvalue weighted by Crippen LogP contribution is -2.51. The Hall–Kier alpha value is -4.99.